The van der Waals surface area contributed by atoms with E-state index in [0.29, 0.717) is 0 Å². The third kappa shape index (κ3) is 2.68. The Morgan fingerprint density at radius 2 is 0.778 bits per heavy atom. The second kappa shape index (κ2) is 7.62. The van der Waals surface area contributed by atoms with Crippen LogP contribution in [0.15, 0.2) is 0 Å². The fourth-order valence-electron chi connectivity index (χ4n) is 7.66. The summed E-state index contributed by atoms with van der Waals surface area (Å²) >= 11 is 0. The number of ether oxygens (including phenoxy) is 2. The molecule has 0 amide bonds. The summed E-state index contributed by atoms with van der Waals surface area (Å²) in [7, 11) is 0. The maximum Gasteiger partial charge on any atom is 0.313 e. The van der Waals surface area contributed by atoms with Crippen molar-refractivity contribution in [2.45, 2.75) is 12.2 Å². The van der Waals surface area contributed by atoms with Crippen molar-refractivity contribution in [3.05, 3.63) is 40.5 Å². The maximum absolute atomic E-state index is 12.9. The van der Waals surface area contributed by atoms with E-state index < -0.39 is 81.8 Å². The normalized spacial score (nSPS) is 36.4. The highest BCUT2D eigenvalue weighted by Gasteiger charge is 3.13. The van der Waals surface area contributed by atoms with Gasteiger partial charge in [-0.2, -0.15) is 0 Å². The predicted molar refractivity (Wildman–Crippen MR) is 97.4 cm³/mol. The quantitative estimate of drug-likeness (QED) is 0.126. The van der Waals surface area contributed by atoms with Crippen LogP contribution in [0.4, 0.5) is 0 Å². The summed E-state index contributed by atoms with van der Waals surface area (Å²) in [5.74, 6) is -2.68. The van der Waals surface area contributed by atoms with Gasteiger partial charge in [-0.3, -0.25) is 9.59 Å². The molecule has 0 aromatic carbocycles. The van der Waals surface area contributed by atoms with Crippen LogP contribution >= 0.6 is 0 Å². The molecule has 6 aliphatic rings. The monoisotopic (exact) mass is 520 g/mol. The number of nitrogens with zero attached hydrogens (tertiary/aromatic N) is 4. The van der Waals surface area contributed by atoms with Crippen molar-refractivity contribution in [1.82, 2.24) is 0 Å². The molecule has 0 radical (unpaired) electrons. The van der Waals surface area contributed by atoms with Crippen LogP contribution in [0, 0.1) is 86.8 Å². The standard InChI is InChI=1S/C16H16N4O16/c21-13(35-5(1-31-17(23)24)2-32-18(25)26)15-7-10-8(15)12-9(15)11(7)16(10,12)14(22)36-6(3-33-19(27)28)4-34-20(29)30/h5-12H,1-4H2. The number of hydrogen-bond donors (Lipinski definition) is 0. The van der Waals surface area contributed by atoms with Crippen LogP contribution in [0.25, 0.3) is 0 Å². The number of carbonyl (C=O) groups is 2. The van der Waals surface area contributed by atoms with Crippen LogP contribution in [0.1, 0.15) is 0 Å². The average molecular weight is 520 g/mol. The molecule has 20 nitrogen and oxygen atoms in total. The average Bonchev–Trinajstić information content (AvgIpc) is 2.81. The molecular weight excluding hydrogens is 504 g/mol. The molecule has 0 aromatic rings. The molecule has 0 atom stereocenters. The van der Waals surface area contributed by atoms with Crippen molar-refractivity contribution in [2.75, 3.05) is 26.4 Å². The fraction of sp³-hybridized carbons (Fsp3) is 0.875. The van der Waals surface area contributed by atoms with E-state index in [1.165, 1.54) is 0 Å². The summed E-state index contributed by atoms with van der Waals surface area (Å²) in [6.07, 6.45) is -2.81. The van der Waals surface area contributed by atoms with E-state index in [1.54, 1.807) is 0 Å². The lowest BCUT2D eigenvalue weighted by Crippen LogP contribution is -3.12. The van der Waals surface area contributed by atoms with Crippen molar-refractivity contribution in [3.8, 4) is 0 Å². The molecule has 0 spiro atoms. The van der Waals surface area contributed by atoms with Crippen LogP contribution in [0.2, 0.25) is 0 Å². The number of esters is 2. The first-order chi connectivity index (χ1) is 17.0. The van der Waals surface area contributed by atoms with E-state index in [2.05, 4.69) is 19.4 Å². The van der Waals surface area contributed by atoms with Gasteiger partial charge in [0.05, 0.1) is 10.8 Å². The molecule has 6 rings (SSSR count). The summed E-state index contributed by atoms with van der Waals surface area (Å²) in [6, 6.07) is 0. The fourth-order valence-corrected chi connectivity index (χ4v) is 7.66. The second-order valence-corrected chi connectivity index (χ2v) is 9.15. The largest absolute Gasteiger partial charge is 0.458 e. The van der Waals surface area contributed by atoms with Gasteiger partial charge in [-0.25, -0.2) is 0 Å². The van der Waals surface area contributed by atoms with E-state index >= 15 is 0 Å². The number of rotatable bonds is 16. The number of hydrogen-bond acceptors (Lipinski definition) is 16. The molecule has 20 heteroatoms. The van der Waals surface area contributed by atoms with E-state index in [-0.39, 0.29) is 35.5 Å². The maximum atomic E-state index is 12.9. The first-order valence-electron chi connectivity index (χ1n) is 10.5. The molecule has 6 saturated carbocycles. The van der Waals surface area contributed by atoms with Crippen molar-refractivity contribution < 1.29 is 58.8 Å². The molecule has 196 valence electrons. The molecule has 6 fully saturated rings. The zero-order valence-corrected chi connectivity index (χ0v) is 17.8. The van der Waals surface area contributed by atoms with E-state index in [4.69, 9.17) is 9.47 Å². The van der Waals surface area contributed by atoms with Crippen molar-refractivity contribution >= 4 is 11.9 Å². The van der Waals surface area contributed by atoms with E-state index in [1.807, 2.05) is 0 Å². The minimum absolute atomic E-state index is 0.213. The highest BCUT2D eigenvalue weighted by atomic mass is 17.0. The third-order valence-corrected chi connectivity index (χ3v) is 8.35. The predicted octanol–water partition coefficient (Wildman–Crippen LogP) is -1.62. The zero-order valence-electron chi connectivity index (χ0n) is 17.8. The lowest BCUT2D eigenvalue weighted by molar-refractivity contribution is -0.768. The summed E-state index contributed by atoms with van der Waals surface area (Å²) < 4.78 is 10.5. The van der Waals surface area contributed by atoms with Gasteiger partial charge >= 0.3 is 11.9 Å². The van der Waals surface area contributed by atoms with E-state index in [9.17, 15) is 50.0 Å². The van der Waals surface area contributed by atoms with Crippen molar-refractivity contribution in [1.29, 1.82) is 0 Å². The van der Waals surface area contributed by atoms with Crippen LogP contribution in [0.5, 0.6) is 0 Å². The summed E-state index contributed by atoms with van der Waals surface area (Å²) in [5, 5.41) is 37.1. The minimum atomic E-state index is -1.41. The molecule has 0 aromatic heterocycles. The van der Waals surface area contributed by atoms with Gasteiger partial charge in [0, 0.05) is 0 Å². The molecule has 0 aliphatic heterocycles. The molecule has 0 unspecified atom stereocenters. The van der Waals surface area contributed by atoms with E-state index in [0.717, 1.165) is 0 Å². The van der Waals surface area contributed by atoms with Gasteiger partial charge < -0.3 is 28.8 Å². The first-order valence-corrected chi connectivity index (χ1v) is 10.5. The van der Waals surface area contributed by atoms with Crippen LogP contribution in [0.3, 0.4) is 0 Å². The molecule has 0 heterocycles. The smallest absolute Gasteiger partial charge is 0.313 e. The molecular formula is C16H16N4O16. The van der Waals surface area contributed by atoms with Crippen LogP contribution < -0.4 is 0 Å². The zero-order chi connectivity index (χ0) is 26.2. The summed E-state index contributed by atoms with van der Waals surface area (Å²) in [5.41, 5.74) is -1.77. The van der Waals surface area contributed by atoms with Gasteiger partial charge in [-0.1, -0.05) is 0 Å². The Balaban J connectivity index is 1.19. The molecule has 36 heavy (non-hydrogen) atoms. The first kappa shape index (κ1) is 23.5. The van der Waals surface area contributed by atoms with Crippen molar-refractivity contribution in [3.63, 3.8) is 0 Å². The second-order valence-electron chi connectivity index (χ2n) is 9.15. The Labute approximate surface area is 197 Å². The molecule has 0 N–H and O–H groups in total. The molecule has 0 saturated heterocycles. The van der Waals surface area contributed by atoms with Gasteiger partial charge in [0.25, 0.3) is 20.3 Å². The minimum Gasteiger partial charge on any atom is -0.458 e. The molecule has 6 aliphatic carbocycles. The van der Waals surface area contributed by atoms with Gasteiger partial charge in [0.2, 0.25) is 0 Å². The third-order valence-electron chi connectivity index (χ3n) is 8.35. The Bertz CT molecular complexity index is 891. The van der Waals surface area contributed by atoms with Crippen LogP contribution in [-0.2, 0) is 38.4 Å². The van der Waals surface area contributed by atoms with Crippen molar-refractivity contribution in [2.24, 2.45) is 46.3 Å². The lowest BCUT2D eigenvalue weighted by Gasteiger charge is -3.08. The Morgan fingerprint density at radius 1 is 0.556 bits per heavy atom. The number of carbonyl (C=O) groups excluding carboxylic acids is 2. The van der Waals surface area contributed by atoms with Gasteiger partial charge in [0.15, 0.2) is 0 Å². The van der Waals surface area contributed by atoms with Gasteiger partial charge in [0.1, 0.15) is 38.6 Å². The Kier molecular flexibility index (Phi) is 4.97. The van der Waals surface area contributed by atoms with Crippen LogP contribution in [-0.4, -0.2) is 70.9 Å². The summed E-state index contributed by atoms with van der Waals surface area (Å²) in [6.45, 7) is -3.08. The Hall–Kier alpha value is -4.26. The highest BCUT2D eigenvalue weighted by molar-refractivity contribution is 5.97. The topological polar surface area (TPSA) is 262 Å². The SMILES string of the molecule is O=C(OC(CO[N+](=O)[O-])CO[N+](=O)[O-])C12C3C4C1C1C2C3C41C(=O)OC(CO[N+](=O)[O-])CO[N+](=O)[O-]. The van der Waals surface area contributed by atoms with Gasteiger partial charge in [-0.15, -0.1) is 40.5 Å². The summed E-state index contributed by atoms with van der Waals surface area (Å²) in [4.78, 5) is 84.2. The lowest BCUT2D eigenvalue weighted by atomic mass is 8.92. The van der Waals surface area contributed by atoms with Gasteiger partial charge in [-0.05, 0) is 35.5 Å². The molecule has 0 bridgehead atoms. The highest BCUT2D eigenvalue weighted by Crippen LogP contribution is 3.10. The Morgan fingerprint density at radius 3 is 0.972 bits per heavy atom.